The normalized spacial score (nSPS) is 9.67. The Bertz CT molecular complexity index is 213. The van der Waals surface area contributed by atoms with Crippen molar-refractivity contribution >= 4 is 40.6 Å². The maximum Gasteiger partial charge on any atom is 0 e. The third-order valence-electron chi connectivity index (χ3n) is 0. The van der Waals surface area contributed by atoms with Gasteiger partial charge in [-0.25, -0.2) is 0 Å². The molecule has 0 aliphatic carbocycles. The minimum Gasteiger partial charge on any atom is 0 e. The molecule has 74 valence electrons. The summed E-state index contributed by atoms with van der Waals surface area (Å²) in [7, 11) is -9.33. The molecule has 0 spiro atoms. The van der Waals surface area contributed by atoms with Gasteiger partial charge in [0.05, 0.1) is 0 Å². The minimum absolute atomic E-state index is 0. The molecule has 12 heteroatoms. The summed E-state index contributed by atoms with van der Waals surface area (Å²) in [4.78, 5) is 0. The van der Waals surface area contributed by atoms with Gasteiger partial charge in [0, 0.05) is 21.7 Å². The van der Waals surface area contributed by atoms with Gasteiger partial charge < -0.3 is 0 Å². The molecule has 0 heterocycles. The largest absolute Gasteiger partial charge is 0 e. The fraction of sp³-hybridized carbons (Fsp3) is 0. The first-order valence-corrected chi connectivity index (χ1v) is 4.19. The van der Waals surface area contributed by atoms with Crippen molar-refractivity contribution in [2.75, 3.05) is 0 Å². The van der Waals surface area contributed by atoms with Crippen LogP contribution in [-0.2, 0) is 42.5 Å². The summed E-state index contributed by atoms with van der Waals surface area (Å²) in [5.41, 5.74) is 0. The zero-order chi connectivity index (χ0) is 9.00. The van der Waals surface area contributed by atoms with Crippen LogP contribution < -0.4 is 0 Å². The van der Waals surface area contributed by atoms with Crippen molar-refractivity contribution in [3.63, 3.8) is 0 Å². The molecule has 0 aromatic rings. The Hall–Kier alpha value is 1.09. The summed E-state index contributed by atoms with van der Waals surface area (Å²) in [5, 5.41) is 0. The fourth-order valence-corrected chi connectivity index (χ4v) is 0. The molecule has 0 atom stereocenters. The third-order valence-corrected chi connectivity index (χ3v) is 0. The summed E-state index contributed by atoms with van der Waals surface area (Å²) in [6.45, 7) is 0. The van der Waals surface area contributed by atoms with Crippen LogP contribution in [0.2, 0.25) is 0 Å². The van der Waals surface area contributed by atoms with Crippen LogP contribution in [0.3, 0.4) is 0 Å². The quantitative estimate of drug-likeness (QED) is 0.283. The summed E-state index contributed by atoms with van der Waals surface area (Å²) in [6, 6.07) is 0. The summed E-state index contributed by atoms with van der Waals surface area (Å²) in [6.07, 6.45) is 0. The third kappa shape index (κ3) is 949. The minimum atomic E-state index is -4.67. The predicted molar refractivity (Wildman–Crippen MR) is 38.3 cm³/mol. The van der Waals surface area contributed by atoms with E-state index >= 15 is 0 Å². The molecule has 0 aliphatic heterocycles. The molecule has 0 aromatic heterocycles. The maximum absolute atomic E-state index is 8.74. The Morgan fingerprint density at radius 3 is 0.667 bits per heavy atom. The average molecular weight is 317 g/mol. The summed E-state index contributed by atoms with van der Waals surface area (Å²) in [5.74, 6) is 0. The van der Waals surface area contributed by atoms with E-state index in [9.17, 15) is 0 Å². The van der Waals surface area contributed by atoms with E-state index in [4.69, 9.17) is 35.0 Å². The standard InChI is InChI=1S/Ga.2H2O4S.Ti.3H/c;2*1-5(2,3)4;;;;/h;2*(H2,1,2,3,4);;;;. The van der Waals surface area contributed by atoms with E-state index in [1.54, 1.807) is 0 Å². The second kappa shape index (κ2) is 8.68. The van der Waals surface area contributed by atoms with Crippen LogP contribution in [-0.4, -0.2) is 54.8 Å². The van der Waals surface area contributed by atoms with E-state index in [1.165, 1.54) is 0 Å². The van der Waals surface area contributed by atoms with Crippen molar-refractivity contribution in [1.29, 1.82) is 0 Å². The van der Waals surface area contributed by atoms with E-state index in [0.717, 1.165) is 0 Å². The molecule has 0 saturated carbocycles. The van der Waals surface area contributed by atoms with E-state index in [0.29, 0.717) is 0 Å². The summed E-state index contributed by atoms with van der Waals surface area (Å²) < 4.78 is 63.2. The molecule has 0 unspecified atom stereocenters. The van der Waals surface area contributed by atoms with E-state index < -0.39 is 20.8 Å². The Labute approximate surface area is 96.8 Å². The fourth-order valence-electron chi connectivity index (χ4n) is 0. The van der Waals surface area contributed by atoms with Crippen molar-refractivity contribution in [3.05, 3.63) is 0 Å². The number of hydrogen-bond donors (Lipinski definition) is 4. The van der Waals surface area contributed by atoms with Crippen LogP contribution in [0.25, 0.3) is 0 Å². The summed E-state index contributed by atoms with van der Waals surface area (Å²) >= 11 is 0. The number of rotatable bonds is 0. The van der Waals surface area contributed by atoms with Gasteiger partial charge in [-0.2, -0.15) is 16.8 Å². The molecular formula is H7GaO8S2Ti. The molecule has 0 bridgehead atoms. The van der Waals surface area contributed by atoms with Gasteiger partial charge in [-0.15, -0.1) is 0 Å². The first kappa shape index (κ1) is 23.2. The molecule has 12 heavy (non-hydrogen) atoms. The molecule has 0 amide bonds. The predicted octanol–water partition coefficient (Wildman–Crippen LogP) is -2.49. The van der Waals surface area contributed by atoms with Gasteiger partial charge in [-0.3, -0.25) is 18.2 Å². The first-order valence-electron chi connectivity index (χ1n) is 1.40. The van der Waals surface area contributed by atoms with Gasteiger partial charge in [-0.05, 0) is 0 Å². The average Bonchev–Trinajstić information content (AvgIpc) is 1.12. The van der Waals surface area contributed by atoms with Gasteiger partial charge in [0.25, 0.3) is 0 Å². The van der Waals surface area contributed by atoms with Crippen LogP contribution in [0.15, 0.2) is 0 Å². The van der Waals surface area contributed by atoms with E-state index in [-0.39, 0.29) is 41.5 Å². The van der Waals surface area contributed by atoms with Crippen LogP contribution >= 0.6 is 0 Å². The van der Waals surface area contributed by atoms with Gasteiger partial charge in [0.1, 0.15) is 0 Å². The van der Waals surface area contributed by atoms with Gasteiger partial charge in [0.15, 0.2) is 0 Å². The SMILES string of the molecule is O=S(=O)(O)O.O=S(=O)(O)O.[GaH3].[Ti]. The Morgan fingerprint density at radius 2 is 0.667 bits per heavy atom. The van der Waals surface area contributed by atoms with Crippen LogP contribution in [0.5, 0.6) is 0 Å². The van der Waals surface area contributed by atoms with Gasteiger partial charge in [-0.1, -0.05) is 0 Å². The maximum atomic E-state index is 8.74. The molecule has 0 aromatic carbocycles. The number of hydrogen-bond acceptors (Lipinski definition) is 4. The molecule has 0 saturated heterocycles. The Kier molecular flexibility index (Phi) is 16.7. The van der Waals surface area contributed by atoms with Gasteiger partial charge >= 0.3 is 40.6 Å². The molecule has 8 nitrogen and oxygen atoms in total. The molecular weight excluding hydrogens is 310 g/mol. The first-order chi connectivity index (χ1) is 4.00. The van der Waals surface area contributed by atoms with Crippen LogP contribution in [0.4, 0.5) is 0 Å². The topological polar surface area (TPSA) is 149 Å². The Morgan fingerprint density at radius 1 is 0.667 bits per heavy atom. The second-order valence-corrected chi connectivity index (χ2v) is 2.69. The molecule has 0 aliphatic rings. The zero-order valence-electron chi connectivity index (χ0n) is 4.74. The zero-order valence-corrected chi connectivity index (χ0v) is 7.93. The monoisotopic (exact) mass is 316 g/mol. The molecule has 0 radical (unpaired) electrons. The van der Waals surface area contributed by atoms with Crippen LogP contribution in [0, 0.1) is 0 Å². The molecule has 0 rings (SSSR count). The Balaban J connectivity index is -0.0000000457. The van der Waals surface area contributed by atoms with Gasteiger partial charge in [0.2, 0.25) is 0 Å². The van der Waals surface area contributed by atoms with Crippen LogP contribution in [0.1, 0.15) is 0 Å². The van der Waals surface area contributed by atoms with Crippen molar-refractivity contribution in [3.8, 4) is 0 Å². The second-order valence-electron chi connectivity index (χ2n) is 0.896. The van der Waals surface area contributed by atoms with Crippen molar-refractivity contribution in [2.24, 2.45) is 0 Å². The van der Waals surface area contributed by atoms with E-state index in [1.807, 2.05) is 0 Å². The van der Waals surface area contributed by atoms with Crippen molar-refractivity contribution < 1.29 is 56.8 Å². The van der Waals surface area contributed by atoms with Crippen molar-refractivity contribution in [1.82, 2.24) is 0 Å². The smallest absolute Gasteiger partial charge is 0 e. The van der Waals surface area contributed by atoms with E-state index in [2.05, 4.69) is 0 Å². The molecule has 4 N–H and O–H groups in total. The molecule has 0 fully saturated rings. The van der Waals surface area contributed by atoms with Crippen molar-refractivity contribution in [2.45, 2.75) is 0 Å².